The van der Waals surface area contributed by atoms with E-state index < -0.39 is 26.3 Å². The second-order valence-electron chi connectivity index (χ2n) is 6.26. The summed E-state index contributed by atoms with van der Waals surface area (Å²) in [4.78, 5) is 11.3. The molecule has 0 heterocycles. The quantitative estimate of drug-likeness (QED) is 0.632. The lowest BCUT2D eigenvalue weighted by molar-refractivity contribution is -0.116. The minimum absolute atomic E-state index is 0. The molecular formula is C15H25ClFN3O3S. The van der Waals surface area contributed by atoms with Crippen molar-refractivity contribution in [3.63, 3.8) is 0 Å². The summed E-state index contributed by atoms with van der Waals surface area (Å²) in [5.74, 6) is -1.12. The average Bonchev–Trinajstić information content (AvgIpc) is 2.38. The van der Waals surface area contributed by atoms with E-state index in [9.17, 15) is 17.6 Å². The molecule has 1 rings (SSSR count). The lowest BCUT2D eigenvalue weighted by atomic mass is 10.1. The average molecular weight is 382 g/mol. The van der Waals surface area contributed by atoms with Gasteiger partial charge in [0, 0.05) is 17.6 Å². The Hall–Kier alpha value is -1.22. The Morgan fingerprint density at radius 3 is 2.42 bits per heavy atom. The number of hydrogen-bond donors (Lipinski definition) is 3. The first-order valence-corrected chi connectivity index (χ1v) is 8.81. The molecule has 0 aliphatic carbocycles. The molecule has 0 atom stereocenters. The number of amides is 1. The number of carbonyl (C=O) groups excluding carboxylic acids is 1. The maximum Gasteiger partial charge on any atom is 0.244 e. The van der Waals surface area contributed by atoms with Gasteiger partial charge >= 0.3 is 0 Å². The first-order chi connectivity index (χ1) is 10.5. The number of sulfonamides is 1. The van der Waals surface area contributed by atoms with Crippen molar-refractivity contribution < 1.29 is 17.6 Å². The number of anilines is 1. The molecule has 0 fully saturated rings. The predicted octanol–water partition coefficient (Wildman–Crippen LogP) is 2.26. The number of hydrogen-bond acceptors (Lipinski definition) is 4. The van der Waals surface area contributed by atoms with Crippen LogP contribution in [0.4, 0.5) is 10.1 Å². The van der Waals surface area contributed by atoms with Crippen LogP contribution in [-0.2, 0) is 14.8 Å². The van der Waals surface area contributed by atoms with Crippen molar-refractivity contribution in [2.45, 2.75) is 44.0 Å². The molecule has 138 valence electrons. The van der Waals surface area contributed by atoms with Crippen molar-refractivity contribution in [3.8, 4) is 0 Å². The van der Waals surface area contributed by atoms with Gasteiger partial charge in [0.05, 0.1) is 0 Å². The molecule has 1 aromatic carbocycles. The number of halogens is 2. The van der Waals surface area contributed by atoms with E-state index in [1.807, 2.05) is 0 Å². The fourth-order valence-electron chi connectivity index (χ4n) is 1.89. The molecule has 0 saturated carbocycles. The summed E-state index contributed by atoms with van der Waals surface area (Å²) in [5.41, 5.74) is -0.493. The van der Waals surface area contributed by atoms with Crippen LogP contribution in [0.2, 0.25) is 0 Å². The molecule has 0 radical (unpaired) electrons. The van der Waals surface area contributed by atoms with E-state index in [-0.39, 0.29) is 24.0 Å². The van der Waals surface area contributed by atoms with Crippen LogP contribution in [0.3, 0.4) is 0 Å². The van der Waals surface area contributed by atoms with Gasteiger partial charge in [0.15, 0.2) is 0 Å². The highest BCUT2D eigenvalue weighted by atomic mass is 35.5. The highest BCUT2D eigenvalue weighted by Gasteiger charge is 2.25. The summed E-state index contributed by atoms with van der Waals surface area (Å²) in [6.45, 7) is 5.69. The standard InChI is InChI=1S/C15H24FN3O3S.ClH/c1-15(2,3)19-23(21,22)13-10-11(7-8-12(13)16)18-14(20)6-5-9-17-4;/h7-8,10,17,19H,5-6,9H2,1-4H3,(H,18,20);1H. The van der Waals surface area contributed by atoms with Crippen molar-refractivity contribution in [1.29, 1.82) is 0 Å². The Labute approximate surface area is 149 Å². The fourth-order valence-corrected chi connectivity index (χ4v) is 3.42. The molecule has 1 amide bonds. The summed E-state index contributed by atoms with van der Waals surface area (Å²) >= 11 is 0. The third-order valence-electron chi connectivity index (χ3n) is 2.78. The summed E-state index contributed by atoms with van der Waals surface area (Å²) in [6.07, 6.45) is 0.945. The lowest BCUT2D eigenvalue weighted by Gasteiger charge is -2.20. The van der Waals surface area contributed by atoms with Gasteiger partial charge in [0.25, 0.3) is 0 Å². The smallest absolute Gasteiger partial charge is 0.244 e. The van der Waals surface area contributed by atoms with E-state index in [1.54, 1.807) is 27.8 Å². The molecule has 9 heteroatoms. The Balaban J connectivity index is 0.00000529. The van der Waals surface area contributed by atoms with Crippen LogP contribution >= 0.6 is 12.4 Å². The molecule has 3 N–H and O–H groups in total. The second-order valence-corrected chi connectivity index (χ2v) is 7.91. The maximum absolute atomic E-state index is 13.9. The van der Waals surface area contributed by atoms with Crippen molar-refractivity contribution in [2.75, 3.05) is 18.9 Å². The monoisotopic (exact) mass is 381 g/mol. The molecule has 0 aromatic heterocycles. The van der Waals surface area contributed by atoms with Gasteiger partial charge in [-0.2, -0.15) is 0 Å². The maximum atomic E-state index is 13.9. The van der Waals surface area contributed by atoms with Gasteiger partial charge < -0.3 is 10.6 Å². The van der Waals surface area contributed by atoms with E-state index in [0.29, 0.717) is 19.4 Å². The van der Waals surface area contributed by atoms with Gasteiger partial charge in [-0.15, -0.1) is 12.4 Å². The SMILES string of the molecule is CNCCCC(=O)Nc1ccc(F)c(S(=O)(=O)NC(C)(C)C)c1.Cl. The number of rotatable bonds is 7. The third-order valence-corrected chi connectivity index (χ3v) is 4.55. The molecule has 1 aromatic rings. The van der Waals surface area contributed by atoms with Crippen molar-refractivity contribution >= 4 is 34.0 Å². The highest BCUT2D eigenvalue weighted by molar-refractivity contribution is 7.89. The topological polar surface area (TPSA) is 87.3 Å². The van der Waals surface area contributed by atoms with Crippen LogP contribution in [0.15, 0.2) is 23.1 Å². The van der Waals surface area contributed by atoms with Gasteiger partial charge in [0.1, 0.15) is 10.7 Å². The van der Waals surface area contributed by atoms with Crippen LogP contribution in [0.25, 0.3) is 0 Å². The zero-order valence-electron chi connectivity index (χ0n) is 14.3. The second kappa shape index (κ2) is 9.31. The van der Waals surface area contributed by atoms with Crippen LogP contribution in [0.1, 0.15) is 33.6 Å². The largest absolute Gasteiger partial charge is 0.326 e. The molecule has 24 heavy (non-hydrogen) atoms. The van der Waals surface area contributed by atoms with E-state index in [0.717, 1.165) is 12.1 Å². The Morgan fingerprint density at radius 2 is 1.88 bits per heavy atom. The Morgan fingerprint density at radius 1 is 1.25 bits per heavy atom. The molecule has 0 aliphatic heterocycles. The minimum atomic E-state index is -4.01. The lowest BCUT2D eigenvalue weighted by Crippen LogP contribution is -2.40. The van der Waals surface area contributed by atoms with Gasteiger partial charge in [-0.05, 0) is 59.0 Å². The zero-order chi connectivity index (χ0) is 17.7. The van der Waals surface area contributed by atoms with Crippen molar-refractivity contribution in [2.24, 2.45) is 0 Å². The van der Waals surface area contributed by atoms with E-state index >= 15 is 0 Å². The number of carbonyl (C=O) groups is 1. The number of nitrogens with one attached hydrogen (secondary N) is 3. The van der Waals surface area contributed by atoms with E-state index in [4.69, 9.17) is 0 Å². The van der Waals surface area contributed by atoms with E-state index in [2.05, 4.69) is 15.4 Å². The molecule has 0 saturated heterocycles. The van der Waals surface area contributed by atoms with Gasteiger partial charge in [-0.25, -0.2) is 17.5 Å². The third kappa shape index (κ3) is 7.57. The molecule has 0 aliphatic rings. The summed E-state index contributed by atoms with van der Waals surface area (Å²) in [6, 6.07) is 3.49. The van der Waals surface area contributed by atoms with Gasteiger partial charge in [-0.1, -0.05) is 0 Å². The summed E-state index contributed by atoms with van der Waals surface area (Å²) in [5, 5.41) is 5.51. The van der Waals surface area contributed by atoms with Crippen LogP contribution < -0.4 is 15.4 Å². The minimum Gasteiger partial charge on any atom is -0.326 e. The van der Waals surface area contributed by atoms with E-state index in [1.165, 1.54) is 6.07 Å². The highest BCUT2D eigenvalue weighted by Crippen LogP contribution is 2.21. The summed E-state index contributed by atoms with van der Waals surface area (Å²) < 4.78 is 40.8. The zero-order valence-corrected chi connectivity index (χ0v) is 15.9. The predicted molar refractivity (Wildman–Crippen MR) is 95.5 cm³/mol. The van der Waals surface area contributed by atoms with Crippen LogP contribution in [-0.4, -0.2) is 33.5 Å². The molecule has 0 bridgehead atoms. The molecule has 0 unspecified atom stereocenters. The molecule has 0 spiro atoms. The van der Waals surface area contributed by atoms with Crippen molar-refractivity contribution in [3.05, 3.63) is 24.0 Å². The normalized spacial score (nSPS) is 11.7. The first kappa shape index (κ1) is 22.8. The first-order valence-electron chi connectivity index (χ1n) is 7.33. The van der Waals surface area contributed by atoms with Crippen LogP contribution in [0, 0.1) is 5.82 Å². The fraction of sp³-hybridized carbons (Fsp3) is 0.533. The van der Waals surface area contributed by atoms with Crippen molar-refractivity contribution in [1.82, 2.24) is 10.0 Å². The Kier molecular flexibility index (Phi) is 8.84. The van der Waals surface area contributed by atoms with Gasteiger partial charge in [-0.3, -0.25) is 4.79 Å². The van der Waals surface area contributed by atoms with Gasteiger partial charge in [0.2, 0.25) is 15.9 Å². The Bertz CT molecular complexity index is 660. The number of benzene rings is 1. The molecule has 6 nitrogen and oxygen atoms in total. The molecular weight excluding hydrogens is 357 g/mol. The summed E-state index contributed by atoms with van der Waals surface area (Å²) in [7, 11) is -2.23. The van der Waals surface area contributed by atoms with Crippen LogP contribution in [0.5, 0.6) is 0 Å².